The number of carbonyl (C=O) groups excluding carboxylic acids is 1. The second kappa shape index (κ2) is 5.58. The van der Waals surface area contributed by atoms with Crippen molar-refractivity contribution < 1.29 is 13.9 Å². The molecule has 0 spiro atoms. The Morgan fingerprint density at radius 2 is 2.40 bits per heavy atom. The Balaban J connectivity index is 1.55. The highest BCUT2D eigenvalue weighted by atomic mass is 19.1. The Labute approximate surface area is 115 Å². The number of imidazole rings is 1. The fraction of sp³-hybridized carbons (Fsp3) is 0.429. The van der Waals surface area contributed by atoms with Crippen LogP contribution in [0.5, 0.6) is 0 Å². The number of nitrogens with zero attached hydrogens (tertiary/aromatic N) is 2. The van der Waals surface area contributed by atoms with Crippen LogP contribution in [0.25, 0.3) is 5.65 Å². The average Bonchev–Trinajstić information content (AvgIpc) is 3.06. The summed E-state index contributed by atoms with van der Waals surface area (Å²) in [7, 11) is 0. The monoisotopic (exact) mass is 277 g/mol. The molecule has 1 amide bonds. The lowest BCUT2D eigenvalue weighted by molar-refractivity contribution is -0.129. The lowest BCUT2D eigenvalue weighted by Crippen LogP contribution is -2.35. The Morgan fingerprint density at radius 3 is 3.20 bits per heavy atom. The number of ether oxygens (including phenoxy) is 1. The summed E-state index contributed by atoms with van der Waals surface area (Å²) < 4.78 is 20.0. The number of aromatic nitrogens is 2. The molecule has 5 nitrogen and oxygen atoms in total. The van der Waals surface area contributed by atoms with E-state index in [-0.39, 0.29) is 17.8 Å². The second-order valence-electron chi connectivity index (χ2n) is 4.89. The van der Waals surface area contributed by atoms with E-state index in [9.17, 15) is 9.18 Å². The van der Waals surface area contributed by atoms with Gasteiger partial charge in [-0.3, -0.25) is 4.79 Å². The van der Waals surface area contributed by atoms with Gasteiger partial charge in [-0.1, -0.05) is 0 Å². The number of carbonyl (C=O) groups is 1. The molecule has 3 rings (SSSR count). The Kier molecular flexibility index (Phi) is 3.64. The van der Waals surface area contributed by atoms with Gasteiger partial charge in [-0.2, -0.15) is 0 Å². The fourth-order valence-corrected chi connectivity index (χ4v) is 2.35. The molecule has 106 valence electrons. The lowest BCUT2D eigenvalue weighted by Gasteiger charge is -2.09. The molecule has 1 aliphatic heterocycles. The van der Waals surface area contributed by atoms with E-state index in [0.29, 0.717) is 25.2 Å². The fourth-order valence-electron chi connectivity index (χ4n) is 2.35. The zero-order valence-corrected chi connectivity index (χ0v) is 11.0. The number of rotatable bonds is 4. The number of amides is 1. The van der Waals surface area contributed by atoms with Crippen LogP contribution in [0.2, 0.25) is 0 Å². The number of fused-ring (bicyclic) bond motifs is 1. The molecular weight excluding hydrogens is 261 g/mol. The van der Waals surface area contributed by atoms with Crippen molar-refractivity contribution in [3.8, 4) is 0 Å². The standard InChI is InChI=1S/C14H16FN3O2/c15-10-3-4-13-17-11(9-18(13)8-10)5-6-16-14(19)12-2-1-7-20-12/h3-4,8-9,12H,1-2,5-7H2,(H,16,19). The van der Waals surface area contributed by atoms with E-state index in [1.54, 1.807) is 16.7 Å². The van der Waals surface area contributed by atoms with Crippen LogP contribution in [0.1, 0.15) is 18.5 Å². The molecule has 6 heteroatoms. The smallest absolute Gasteiger partial charge is 0.249 e. The van der Waals surface area contributed by atoms with Gasteiger partial charge in [0.05, 0.1) is 5.69 Å². The van der Waals surface area contributed by atoms with Crippen molar-refractivity contribution in [2.45, 2.75) is 25.4 Å². The van der Waals surface area contributed by atoms with Gasteiger partial charge in [-0.15, -0.1) is 0 Å². The van der Waals surface area contributed by atoms with Gasteiger partial charge < -0.3 is 14.5 Å². The molecule has 1 fully saturated rings. The molecule has 0 bridgehead atoms. The minimum absolute atomic E-state index is 0.0580. The van der Waals surface area contributed by atoms with E-state index in [4.69, 9.17) is 4.74 Å². The van der Waals surface area contributed by atoms with Crippen LogP contribution in [0, 0.1) is 5.82 Å². The molecule has 0 saturated carbocycles. The highest BCUT2D eigenvalue weighted by Crippen LogP contribution is 2.12. The van der Waals surface area contributed by atoms with Crippen LogP contribution < -0.4 is 5.32 Å². The molecule has 0 radical (unpaired) electrons. The van der Waals surface area contributed by atoms with Gasteiger partial charge in [0, 0.05) is 32.0 Å². The number of pyridine rings is 1. The number of hydrogen-bond acceptors (Lipinski definition) is 3. The summed E-state index contributed by atoms with van der Waals surface area (Å²) in [4.78, 5) is 16.1. The number of hydrogen-bond donors (Lipinski definition) is 1. The van der Waals surface area contributed by atoms with Crippen molar-refractivity contribution in [3.05, 3.63) is 36.0 Å². The number of nitrogens with one attached hydrogen (secondary N) is 1. The highest BCUT2D eigenvalue weighted by molar-refractivity contribution is 5.80. The van der Waals surface area contributed by atoms with Crippen molar-refractivity contribution in [2.24, 2.45) is 0 Å². The first-order chi connectivity index (χ1) is 9.72. The summed E-state index contributed by atoms with van der Waals surface area (Å²) >= 11 is 0. The van der Waals surface area contributed by atoms with Crippen molar-refractivity contribution in [2.75, 3.05) is 13.2 Å². The zero-order valence-electron chi connectivity index (χ0n) is 11.0. The molecule has 0 aliphatic carbocycles. The SMILES string of the molecule is O=C(NCCc1cn2cc(F)ccc2n1)C1CCCO1. The molecule has 1 aliphatic rings. The predicted molar refractivity (Wildman–Crippen MR) is 70.8 cm³/mol. The van der Waals surface area contributed by atoms with E-state index in [0.717, 1.165) is 18.5 Å². The Hall–Kier alpha value is -1.95. The van der Waals surface area contributed by atoms with E-state index in [2.05, 4.69) is 10.3 Å². The Morgan fingerprint density at radius 1 is 1.50 bits per heavy atom. The first-order valence-corrected chi connectivity index (χ1v) is 6.75. The Bertz CT molecular complexity index is 620. The molecular formula is C14H16FN3O2. The van der Waals surface area contributed by atoms with Gasteiger partial charge in [0.1, 0.15) is 17.6 Å². The van der Waals surface area contributed by atoms with Crippen molar-refractivity contribution in [1.82, 2.24) is 14.7 Å². The third-order valence-corrected chi connectivity index (χ3v) is 3.37. The minimum Gasteiger partial charge on any atom is -0.368 e. The minimum atomic E-state index is -0.301. The quantitative estimate of drug-likeness (QED) is 0.916. The normalized spacial score (nSPS) is 18.6. The molecule has 2 aromatic heterocycles. The van der Waals surface area contributed by atoms with Crippen molar-refractivity contribution in [1.29, 1.82) is 0 Å². The maximum Gasteiger partial charge on any atom is 0.249 e. The van der Waals surface area contributed by atoms with Crippen LogP contribution in [0.4, 0.5) is 4.39 Å². The molecule has 1 N–H and O–H groups in total. The third kappa shape index (κ3) is 2.80. The summed E-state index contributed by atoms with van der Waals surface area (Å²) in [6, 6.07) is 3.01. The highest BCUT2D eigenvalue weighted by Gasteiger charge is 2.22. The summed E-state index contributed by atoms with van der Waals surface area (Å²) in [6.45, 7) is 1.17. The average molecular weight is 277 g/mol. The van der Waals surface area contributed by atoms with Crippen LogP contribution in [0.3, 0.4) is 0 Å². The molecule has 2 aromatic rings. The van der Waals surface area contributed by atoms with Gasteiger partial charge >= 0.3 is 0 Å². The molecule has 0 aromatic carbocycles. The summed E-state index contributed by atoms with van der Waals surface area (Å²) in [5.74, 6) is -0.356. The summed E-state index contributed by atoms with van der Waals surface area (Å²) in [5, 5.41) is 2.84. The van der Waals surface area contributed by atoms with Crippen molar-refractivity contribution >= 4 is 11.6 Å². The van der Waals surface area contributed by atoms with Gasteiger partial charge in [0.2, 0.25) is 5.91 Å². The van der Waals surface area contributed by atoms with Crippen LogP contribution in [-0.4, -0.2) is 34.5 Å². The van der Waals surface area contributed by atoms with E-state index >= 15 is 0 Å². The van der Waals surface area contributed by atoms with Crippen LogP contribution in [-0.2, 0) is 16.0 Å². The van der Waals surface area contributed by atoms with Gasteiger partial charge in [-0.05, 0) is 25.0 Å². The maximum atomic E-state index is 13.1. The van der Waals surface area contributed by atoms with E-state index in [1.165, 1.54) is 12.3 Å². The molecule has 3 heterocycles. The van der Waals surface area contributed by atoms with Crippen LogP contribution >= 0.6 is 0 Å². The van der Waals surface area contributed by atoms with Crippen LogP contribution in [0.15, 0.2) is 24.5 Å². The second-order valence-corrected chi connectivity index (χ2v) is 4.89. The van der Waals surface area contributed by atoms with E-state index < -0.39 is 0 Å². The molecule has 20 heavy (non-hydrogen) atoms. The summed E-state index contributed by atoms with van der Waals surface area (Å²) in [6.07, 6.45) is 5.20. The molecule has 1 atom stereocenters. The lowest BCUT2D eigenvalue weighted by atomic mass is 10.2. The predicted octanol–water partition coefficient (Wildman–Crippen LogP) is 1.31. The zero-order chi connectivity index (χ0) is 13.9. The maximum absolute atomic E-state index is 13.1. The van der Waals surface area contributed by atoms with Gasteiger partial charge in [0.25, 0.3) is 0 Å². The van der Waals surface area contributed by atoms with E-state index in [1.807, 2.05) is 0 Å². The van der Waals surface area contributed by atoms with Crippen molar-refractivity contribution in [3.63, 3.8) is 0 Å². The van der Waals surface area contributed by atoms with Gasteiger partial charge in [-0.25, -0.2) is 9.37 Å². The first-order valence-electron chi connectivity index (χ1n) is 6.75. The first kappa shape index (κ1) is 13.1. The largest absolute Gasteiger partial charge is 0.368 e. The topological polar surface area (TPSA) is 55.6 Å². The summed E-state index contributed by atoms with van der Waals surface area (Å²) in [5.41, 5.74) is 1.52. The molecule has 1 saturated heterocycles. The molecule has 1 unspecified atom stereocenters. The third-order valence-electron chi connectivity index (χ3n) is 3.37. The number of halogens is 1. The van der Waals surface area contributed by atoms with Gasteiger partial charge in [0.15, 0.2) is 0 Å².